The zero-order valence-corrected chi connectivity index (χ0v) is 21.1. The fourth-order valence-corrected chi connectivity index (χ4v) is 4.50. The number of benzene rings is 2. The molecule has 0 aromatic heterocycles. The third-order valence-corrected chi connectivity index (χ3v) is 6.64. The van der Waals surface area contributed by atoms with Crippen molar-refractivity contribution in [1.82, 2.24) is 0 Å². The third-order valence-electron chi connectivity index (χ3n) is 6.64. The molecule has 0 amide bonds. The van der Waals surface area contributed by atoms with Gasteiger partial charge >= 0.3 is 0 Å². The molecule has 0 saturated heterocycles. The van der Waals surface area contributed by atoms with Gasteiger partial charge in [-0.3, -0.25) is 0 Å². The number of hydrogen-bond donors (Lipinski definition) is 0. The van der Waals surface area contributed by atoms with Crippen molar-refractivity contribution in [1.29, 1.82) is 0 Å². The average molecular weight is 443 g/mol. The Bertz CT molecular complexity index is 768. The van der Waals surface area contributed by atoms with Gasteiger partial charge in [0.05, 0.1) is 0 Å². The predicted molar refractivity (Wildman–Crippen MR) is 135 cm³/mol. The molecule has 0 heterocycles. The second-order valence-electron chi connectivity index (χ2n) is 9.45. The summed E-state index contributed by atoms with van der Waals surface area (Å²) < 4.78 is 31.3. The lowest BCUT2D eigenvalue weighted by molar-refractivity contribution is 0.558. The quantitative estimate of drug-likeness (QED) is 0.273. The Balaban J connectivity index is 2.54. The van der Waals surface area contributed by atoms with Gasteiger partial charge in [-0.05, 0) is 84.7 Å². The fourth-order valence-electron chi connectivity index (χ4n) is 4.50. The molecule has 2 aromatic carbocycles. The smallest absolute Gasteiger partial charge is 0.130 e. The minimum atomic E-state index is -0.293. The van der Waals surface area contributed by atoms with Gasteiger partial charge in [0.25, 0.3) is 0 Å². The van der Waals surface area contributed by atoms with Crippen LogP contribution in [0.15, 0.2) is 24.3 Å². The van der Waals surface area contributed by atoms with Crippen LogP contribution in [0.2, 0.25) is 0 Å². The summed E-state index contributed by atoms with van der Waals surface area (Å²) in [5.74, 6) is -0.543. The van der Waals surface area contributed by atoms with Gasteiger partial charge in [0.2, 0.25) is 0 Å². The number of rotatable bonds is 14. The molecule has 0 spiro atoms. The summed E-state index contributed by atoms with van der Waals surface area (Å²) in [5, 5.41) is 0. The summed E-state index contributed by atoms with van der Waals surface area (Å²) in [4.78, 5) is 0. The molecule has 0 aliphatic carbocycles. The van der Waals surface area contributed by atoms with Crippen LogP contribution in [0, 0.1) is 11.6 Å². The maximum Gasteiger partial charge on any atom is 0.130 e. The van der Waals surface area contributed by atoms with E-state index in [1.165, 1.54) is 11.1 Å². The van der Waals surface area contributed by atoms with Crippen molar-refractivity contribution in [3.63, 3.8) is 0 Å². The van der Waals surface area contributed by atoms with Crippen LogP contribution in [0.3, 0.4) is 0 Å². The standard InChI is InChI=1S/C30H44F2/c1-6-10-14-23-18-25(16-12-8-3)29(31)27(20-23)22(5)28-21-24(15-11-7-2)19-26(30(28)32)17-13-9-4/h18-22H,6-17H2,1-5H3. The summed E-state index contributed by atoms with van der Waals surface area (Å²) in [7, 11) is 0. The van der Waals surface area contributed by atoms with Gasteiger partial charge in [-0.2, -0.15) is 0 Å². The molecule has 0 atom stereocenters. The number of hydrogen-bond acceptors (Lipinski definition) is 0. The van der Waals surface area contributed by atoms with Gasteiger partial charge < -0.3 is 0 Å². The topological polar surface area (TPSA) is 0 Å². The highest BCUT2D eigenvalue weighted by molar-refractivity contribution is 5.43. The molecule has 2 rings (SSSR count). The summed E-state index contributed by atoms with van der Waals surface area (Å²) in [6.45, 7) is 10.6. The van der Waals surface area contributed by atoms with Crippen molar-refractivity contribution in [3.05, 3.63) is 69.3 Å². The van der Waals surface area contributed by atoms with Crippen LogP contribution >= 0.6 is 0 Å². The van der Waals surface area contributed by atoms with Crippen LogP contribution in [0.25, 0.3) is 0 Å². The van der Waals surface area contributed by atoms with E-state index in [0.29, 0.717) is 11.1 Å². The normalized spacial score (nSPS) is 11.5. The molecule has 0 N–H and O–H groups in total. The SMILES string of the molecule is CCCCc1cc(CCCC)c(F)c(C(C)c2cc(CCCC)cc(CCCC)c2F)c1. The summed E-state index contributed by atoms with van der Waals surface area (Å²) in [5.41, 5.74) is 5.31. The molecule has 0 nitrogen and oxygen atoms in total. The van der Waals surface area contributed by atoms with Crippen LogP contribution in [0.4, 0.5) is 8.78 Å². The van der Waals surface area contributed by atoms with E-state index in [2.05, 4.69) is 39.8 Å². The van der Waals surface area contributed by atoms with Gasteiger partial charge in [-0.15, -0.1) is 0 Å². The Morgan fingerprint density at radius 2 is 0.906 bits per heavy atom. The molecule has 32 heavy (non-hydrogen) atoms. The van der Waals surface area contributed by atoms with Gasteiger partial charge in [0.1, 0.15) is 11.6 Å². The summed E-state index contributed by atoms with van der Waals surface area (Å²) >= 11 is 0. The molecule has 0 unspecified atom stereocenters. The Hall–Kier alpha value is -1.70. The number of aryl methyl sites for hydroxylation is 4. The summed E-state index contributed by atoms with van der Waals surface area (Å²) in [6.07, 6.45) is 11.9. The Morgan fingerprint density at radius 1 is 0.562 bits per heavy atom. The monoisotopic (exact) mass is 442 g/mol. The molecule has 0 aliphatic rings. The molecule has 0 radical (unpaired) electrons. The van der Waals surface area contributed by atoms with Crippen molar-refractivity contribution in [3.8, 4) is 0 Å². The molecule has 0 fully saturated rings. The fraction of sp³-hybridized carbons (Fsp3) is 0.600. The summed E-state index contributed by atoms with van der Waals surface area (Å²) in [6, 6.07) is 8.12. The number of unbranched alkanes of at least 4 members (excludes halogenated alkanes) is 4. The Morgan fingerprint density at radius 3 is 1.25 bits per heavy atom. The Labute approximate surface area is 195 Å². The largest absolute Gasteiger partial charge is 0.206 e. The average Bonchev–Trinajstić information content (AvgIpc) is 2.80. The number of halogens is 2. The van der Waals surface area contributed by atoms with E-state index >= 15 is 8.78 Å². The lowest BCUT2D eigenvalue weighted by Gasteiger charge is -2.21. The first-order chi connectivity index (χ1) is 15.5. The maximum atomic E-state index is 15.6. The zero-order valence-electron chi connectivity index (χ0n) is 21.1. The van der Waals surface area contributed by atoms with Crippen LogP contribution in [0.1, 0.15) is 125 Å². The highest BCUT2D eigenvalue weighted by atomic mass is 19.1. The molecular weight excluding hydrogens is 398 g/mol. The molecule has 0 saturated carbocycles. The lowest BCUT2D eigenvalue weighted by Crippen LogP contribution is -2.09. The minimum absolute atomic E-state index is 0.125. The van der Waals surface area contributed by atoms with Crippen LogP contribution in [-0.4, -0.2) is 0 Å². The van der Waals surface area contributed by atoms with Gasteiger partial charge in [0.15, 0.2) is 0 Å². The van der Waals surface area contributed by atoms with Crippen molar-refractivity contribution in [2.24, 2.45) is 0 Å². The second kappa shape index (κ2) is 13.8. The van der Waals surface area contributed by atoms with Crippen molar-refractivity contribution < 1.29 is 8.78 Å². The van der Waals surface area contributed by atoms with E-state index in [1.807, 2.05) is 19.1 Å². The van der Waals surface area contributed by atoms with Gasteiger partial charge in [-0.1, -0.05) is 84.6 Å². The molecule has 178 valence electrons. The van der Waals surface area contributed by atoms with E-state index < -0.39 is 0 Å². The van der Waals surface area contributed by atoms with Crippen LogP contribution in [-0.2, 0) is 25.7 Å². The first-order valence-corrected chi connectivity index (χ1v) is 13.1. The molecule has 2 heteroatoms. The third kappa shape index (κ3) is 7.15. The first kappa shape index (κ1) is 26.6. The molecule has 0 bridgehead atoms. The van der Waals surface area contributed by atoms with E-state index in [0.717, 1.165) is 88.2 Å². The molecule has 2 aromatic rings. The van der Waals surface area contributed by atoms with Crippen LogP contribution in [0.5, 0.6) is 0 Å². The highest BCUT2D eigenvalue weighted by Crippen LogP contribution is 2.34. The van der Waals surface area contributed by atoms with Crippen molar-refractivity contribution in [2.75, 3.05) is 0 Å². The predicted octanol–water partition coefficient (Wildman–Crippen LogP) is 9.49. The van der Waals surface area contributed by atoms with E-state index in [-0.39, 0.29) is 17.6 Å². The van der Waals surface area contributed by atoms with Gasteiger partial charge in [-0.25, -0.2) is 8.78 Å². The first-order valence-electron chi connectivity index (χ1n) is 13.1. The maximum absolute atomic E-state index is 15.6. The highest BCUT2D eigenvalue weighted by Gasteiger charge is 2.22. The van der Waals surface area contributed by atoms with Crippen molar-refractivity contribution >= 4 is 0 Å². The second-order valence-corrected chi connectivity index (χ2v) is 9.45. The van der Waals surface area contributed by atoms with E-state index in [9.17, 15) is 0 Å². The van der Waals surface area contributed by atoms with E-state index in [4.69, 9.17) is 0 Å². The molecule has 0 aliphatic heterocycles. The van der Waals surface area contributed by atoms with Crippen molar-refractivity contribution in [2.45, 2.75) is 118 Å². The zero-order chi connectivity index (χ0) is 23.5. The van der Waals surface area contributed by atoms with E-state index in [1.54, 1.807) is 0 Å². The Kier molecular flexibility index (Phi) is 11.4. The van der Waals surface area contributed by atoms with Crippen LogP contribution < -0.4 is 0 Å². The van der Waals surface area contributed by atoms with Gasteiger partial charge in [0, 0.05) is 5.92 Å². The minimum Gasteiger partial charge on any atom is -0.206 e. The lowest BCUT2D eigenvalue weighted by atomic mass is 9.85. The molecular formula is C30H44F2.